The minimum atomic E-state index is -3.16. The summed E-state index contributed by atoms with van der Waals surface area (Å²) in [4.78, 5) is 8.76. The molecule has 0 amide bonds. The van der Waals surface area contributed by atoms with Gasteiger partial charge in [-0.3, -0.25) is 0 Å². The fourth-order valence-electron chi connectivity index (χ4n) is 3.71. The molecule has 3 N–H and O–H groups in total. The summed E-state index contributed by atoms with van der Waals surface area (Å²) in [5, 5.41) is 8.06. The van der Waals surface area contributed by atoms with Crippen LogP contribution in [0.15, 0.2) is 30.5 Å². The van der Waals surface area contributed by atoms with E-state index >= 15 is 0 Å². The van der Waals surface area contributed by atoms with Gasteiger partial charge in [0.2, 0.25) is 16.0 Å². The molecule has 0 spiro atoms. The highest BCUT2D eigenvalue weighted by atomic mass is 32.2. The number of hydrogen-bond acceptors (Lipinski definition) is 8. The molecule has 1 fully saturated rings. The van der Waals surface area contributed by atoms with Crippen molar-refractivity contribution in [3.05, 3.63) is 30.5 Å². The van der Waals surface area contributed by atoms with E-state index in [1.165, 1.54) is 10.6 Å². The van der Waals surface area contributed by atoms with Crippen molar-refractivity contribution < 1.29 is 13.2 Å². The van der Waals surface area contributed by atoms with Crippen LogP contribution < -0.4 is 15.8 Å². The second-order valence-corrected chi connectivity index (χ2v) is 10.5. The number of aromatic nitrogens is 4. The Hall–Kier alpha value is -2.92. The molecule has 1 aliphatic heterocycles. The number of sulfonamides is 1. The number of ether oxygens (including phenoxy) is 1. The number of nitrogen functional groups attached to an aromatic ring is 1. The van der Waals surface area contributed by atoms with Gasteiger partial charge in [0.25, 0.3) is 0 Å². The summed E-state index contributed by atoms with van der Waals surface area (Å²) in [6.07, 6.45) is 4.28. The maximum atomic E-state index is 11.8. The molecular formula is C21H29N7O3S. The lowest BCUT2D eigenvalue weighted by molar-refractivity contribution is 0.272. The van der Waals surface area contributed by atoms with Crippen LogP contribution in [0.2, 0.25) is 0 Å². The largest absolute Gasteiger partial charge is 0.489 e. The first-order valence-corrected chi connectivity index (χ1v) is 12.5. The zero-order chi connectivity index (χ0) is 22.9. The summed E-state index contributed by atoms with van der Waals surface area (Å²) in [5.41, 5.74) is 8.18. The summed E-state index contributed by atoms with van der Waals surface area (Å²) in [7, 11) is -3.16. The monoisotopic (exact) mass is 459 g/mol. The molecule has 1 saturated heterocycles. The fraction of sp³-hybridized carbons (Fsp3) is 0.476. The number of hydrogen-bond donors (Lipinski definition) is 2. The van der Waals surface area contributed by atoms with Crippen molar-refractivity contribution >= 4 is 27.4 Å². The maximum Gasteiger partial charge on any atom is 0.243 e. The van der Waals surface area contributed by atoms with Crippen LogP contribution >= 0.6 is 0 Å². The Morgan fingerprint density at radius 2 is 2.00 bits per heavy atom. The van der Waals surface area contributed by atoms with Crippen LogP contribution in [-0.2, 0) is 10.0 Å². The Bertz CT molecular complexity index is 1200. The van der Waals surface area contributed by atoms with Gasteiger partial charge in [-0.2, -0.15) is 4.98 Å². The first-order chi connectivity index (χ1) is 15.2. The smallest absolute Gasteiger partial charge is 0.243 e. The Morgan fingerprint density at radius 1 is 1.25 bits per heavy atom. The third kappa shape index (κ3) is 4.94. The topological polar surface area (TPSA) is 128 Å². The van der Waals surface area contributed by atoms with Gasteiger partial charge in [-0.1, -0.05) is 13.8 Å². The van der Waals surface area contributed by atoms with Crippen LogP contribution in [0.3, 0.4) is 0 Å². The molecule has 0 saturated carbocycles. The lowest BCUT2D eigenvalue weighted by atomic mass is 10.1. The molecule has 0 aliphatic carbocycles. The van der Waals surface area contributed by atoms with E-state index in [0.717, 1.165) is 11.3 Å². The predicted octanol–water partition coefficient (Wildman–Crippen LogP) is 2.24. The molecule has 4 rings (SSSR count). The standard InChI is InChI=1S/C21H29N7O3S/c1-14(2)13-31-18-5-4-17(15-6-9-23-19(22)12-15)28-20(18)25-21(26-28)24-16-7-10-27(11-8-16)32(3,29)30/h4-6,9,12,14,16H,7-8,10-11,13H2,1-3H3,(H2,22,23)(H,24,26). The third-order valence-corrected chi connectivity index (χ3v) is 6.66. The van der Waals surface area contributed by atoms with Crippen LogP contribution in [0.1, 0.15) is 26.7 Å². The van der Waals surface area contributed by atoms with Gasteiger partial charge < -0.3 is 15.8 Å². The first kappa shape index (κ1) is 22.3. The molecule has 0 bridgehead atoms. The van der Waals surface area contributed by atoms with Crippen molar-refractivity contribution in [3.63, 3.8) is 0 Å². The van der Waals surface area contributed by atoms with Gasteiger partial charge in [0.15, 0.2) is 11.4 Å². The number of fused-ring (bicyclic) bond motifs is 1. The van der Waals surface area contributed by atoms with E-state index in [2.05, 4.69) is 29.2 Å². The van der Waals surface area contributed by atoms with Gasteiger partial charge in [0, 0.05) is 30.9 Å². The molecule has 32 heavy (non-hydrogen) atoms. The first-order valence-electron chi connectivity index (χ1n) is 10.7. The molecule has 0 aromatic carbocycles. The number of rotatable bonds is 7. The van der Waals surface area contributed by atoms with E-state index in [4.69, 9.17) is 15.5 Å². The highest BCUT2D eigenvalue weighted by molar-refractivity contribution is 7.88. The predicted molar refractivity (Wildman–Crippen MR) is 124 cm³/mol. The van der Waals surface area contributed by atoms with Gasteiger partial charge >= 0.3 is 0 Å². The van der Waals surface area contributed by atoms with Crippen LogP contribution in [0.25, 0.3) is 16.9 Å². The molecule has 1 aliphatic rings. The highest BCUT2D eigenvalue weighted by Gasteiger charge is 2.26. The number of pyridine rings is 2. The van der Waals surface area contributed by atoms with Crippen molar-refractivity contribution in [1.82, 2.24) is 23.9 Å². The van der Waals surface area contributed by atoms with E-state index in [1.807, 2.05) is 18.2 Å². The normalized spacial score (nSPS) is 16.0. The molecule has 3 aromatic rings. The third-order valence-electron chi connectivity index (χ3n) is 5.35. The van der Waals surface area contributed by atoms with Crippen molar-refractivity contribution in [2.75, 3.05) is 37.0 Å². The average molecular weight is 460 g/mol. The second kappa shape index (κ2) is 8.91. The summed E-state index contributed by atoms with van der Waals surface area (Å²) in [6, 6.07) is 7.58. The SMILES string of the molecule is CC(C)COc1ccc(-c2ccnc(N)c2)n2nc(NC3CCN(S(C)(=O)=O)CC3)nc12. The second-order valence-electron chi connectivity index (χ2n) is 8.51. The molecule has 3 aromatic heterocycles. The lowest BCUT2D eigenvalue weighted by Crippen LogP contribution is -2.41. The summed E-state index contributed by atoms with van der Waals surface area (Å²) < 4.78 is 32.8. The molecule has 172 valence electrons. The van der Waals surface area contributed by atoms with Crippen molar-refractivity contribution in [2.24, 2.45) is 5.92 Å². The van der Waals surface area contributed by atoms with E-state index in [0.29, 0.717) is 61.6 Å². The number of piperidine rings is 1. The van der Waals surface area contributed by atoms with E-state index in [9.17, 15) is 8.42 Å². The fourth-order valence-corrected chi connectivity index (χ4v) is 4.58. The Balaban J connectivity index is 1.64. The van der Waals surface area contributed by atoms with Gasteiger partial charge in [-0.05, 0) is 43.0 Å². The molecule has 0 unspecified atom stereocenters. The lowest BCUT2D eigenvalue weighted by Gasteiger charge is -2.30. The Morgan fingerprint density at radius 3 is 2.66 bits per heavy atom. The molecule has 4 heterocycles. The summed E-state index contributed by atoms with van der Waals surface area (Å²) in [5.74, 6) is 1.92. The molecular weight excluding hydrogens is 430 g/mol. The molecule has 10 nitrogen and oxygen atoms in total. The summed E-state index contributed by atoms with van der Waals surface area (Å²) in [6.45, 7) is 5.70. The number of nitrogens with one attached hydrogen (secondary N) is 1. The minimum absolute atomic E-state index is 0.0884. The van der Waals surface area contributed by atoms with E-state index in [-0.39, 0.29) is 6.04 Å². The number of nitrogens with two attached hydrogens (primary N) is 1. The van der Waals surface area contributed by atoms with E-state index < -0.39 is 10.0 Å². The van der Waals surface area contributed by atoms with Crippen molar-refractivity contribution in [2.45, 2.75) is 32.7 Å². The summed E-state index contributed by atoms with van der Waals surface area (Å²) >= 11 is 0. The van der Waals surface area contributed by atoms with Crippen LogP contribution in [0.4, 0.5) is 11.8 Å². The Labute approximate surface area is 187 Å². The van der Waals surface area contributed by atoms with Crippen LogP contribution in [-0.4, -0.2) is 64.3 Å². The zero-order valence-corrected chi connectivity index (χ0v) is 19.3. The molecule has 0 radical (unpaired) electrons. The zero-order valence-electron chi connectivity index (χ0n) is 18.5. The minimum Gasteiger partial charge on any atom is -0.489 e. The number of anilines is 2. The van der Waals surface area contributed by atoms with Gasteiger partial charge in [0.05, 0.1) is 18.6 Å². The van der Waals surface area contributed by atoms with Gasteiger partial charge in [-0.15, -0.1) is 5.10 Å². The Kier molecular flexibility index (Phi) is 6.20. The van der Waals surface area contributed by atoms with E-state index in [1.54, 1.807) is 16.8 Å². The quantitative estimate of drug-likeness (QED) is 0.551. The van der Waals surface area contributed by atoms with Crippen LogP contribution in [0, 0.1) is 5.92 Å². The van der Waals surface area contributed by atoms with Crippen molar-refractivity contribution in [3.8, 4) is 17.0 Å². The van der Waals surface area contributed by atoms with Gasteiger partial charge in [0.1, 0.15) is 5.82 Å². The molecule has 0 atom stereocenters. The van der Waals surface area contributed by atoms with Gasteiger partial charge in [-0.25, -0.2) is 22.2 Å². The molecule has 11 heteroatoms. The number of nitrogens with zero attached hydrogens (tertiary/aromatic N) is 5. The van der Waals surface area contributed by atoms with Crippen molar-refractivity contribution in [1.29, 1.82) is 0 Å². The maximum absolute atomic E-state index is 11.8. The highest BCUT2D eigenvalue weighted by Crippen LogP contribution is 2.28. The average Bonchev–Trinajstić information content (AvgIpc) is 3.15. The van der Waals surface area contributed by atoms with Crippen LogP contribution in [0.5, 0.6) is 5.75 Å².